The summed E-state index contributed by atoms with van der Waals surface area (Å²) in [6, 6.07) is 6.96. The number of halogens is 4. The topological polar surface area (TPSA) is 113 Å². The first kappa shape index (κ1) is 28.2. The molecule has 0 radical (unpaired) electrons. The summed E-state index contributed by atoms with van der Waals surface area (Å²) >= 11 is 0. The Bertz CT molecular complexity index is 1620. The van der Waals surface area contributed by atoms with E-state index in [9.17, 15) is 27.2 Å². The zero-order valence-corrected chi connectivity index (χ0v) is 22.6. The van der Waals surface area contributed by atoms with Crippen LogP contribution in [0, 0.1) is 20.8 Å². The minimum atomic E-state index is -3.28. The predicted molar refractivity (Wildman–Crippen MR) is 142 cm³/mol. The van der Waals surface area contributed by atoms with Crippen molar-refractivity contribution in [1.82, 2.24) is 14.5 Å². The van der Waals surface area contributed by atoms with Gasteiger partial charge in [-0.15, -0.1) is 0 Å². The lowest BCUT2D eigenvalue weighted by Gasteiger charge is -2.37. The van der Waals surface area contributed by atoms with Gasteiger partial charge in [-0.05, 0) is 68.9 Å². The molecule has 0 unspecified atom stereocenters. The second kappa shape index (κ2) is 10.9. The largest absolute Gasteiger partial charge is 0.431 e. The number of alkyl halides is 4. The number of aromatic nitrogens is 2. The van der Waals surface area contributed by atoms with Gasteiger partial charge in [0.1, 0.15) is 5.49 Å². The molecule has 0 bridgehead atoms. The molecule has 1 saturated carbocycles. The van der Waals surface area contributed by atoms with E-state index in [1.54, 1.807) is 10.6 Å². The molecule has 9 nitrogen and oxygen atoms in total. The summed E-state index contributed by atoms with van der Waals surface area (Å²) < 4.78 is 64.4. The summed E-state index contributed by atoms with van der Waals surface area (Å²) in [5.41, 5.74) is 10.0. The number of nitrogens with one attached hydrogen (secondary N) is 1. The van der Waals surface area contributed by atoms with E-state index in [2.05, 4.69) is 14.8 Å². The van der Waals surface area contributed by atoms with Crippen molar-refractivity contribution in [2.45, 2.75) is 71.9 Å². The molecule has 41 heavy (non-hydrogen) atoms. The first-order chi connectivity index (χ1) is 19.4. The lowest BCUT2D eigenvalue weighted by Crippen LogP contribution is -2.53. The van der Waals surface area contributed by atoms with Gasteiger partial charge >= 0.3 is 24.9 Å². The van der Waals surface area contributed by atoms with Gasteiger partial charge in [0.05, 0.1) is 11.4 Å². The number of ether oxygens (including phenoxy) is 2. The molecule has 218 valence electrons. The standard InChI is InChI=1S/C28H29F4N5O4/c1-13-6-14(2)24(15(3)7-13)35-23-12-20-19-11-22(41-26(31)32)21(40-25(29)30)8-16(19)4-5-36(20)28(39)37(23)18-9-17(10-18)34-27(33)38/h6-8,11-12,17-18,25-26H,4-5,9-10H2,1-3H3,(H3,33,34,38)/b35-23+. The van der Waals surface area contributed by atoms with Gasteiger partial charge in [0.25, 0.3) is 0 Å². The Balaban J connectivity index is 1.72. The van der Waals surface area contributed by atoms with Crippen molar-refractivity contribution in [3.05, 3.63) is 68.6 Å². The Kier molecular flexibility index (Phi) is 7.54. The summed E-state index contributed by atoms with van der Waals surface area (Å²) in [7, 11) is 0. The van der Waals surface area contributed by atoms with Crippen LogP contribution in [0.4, 0.5) is 28.0 Å². The van der Waals surface area contributed by atoms with Crippen molar-refractivity contribution in [2.75, 3.05) is 0 Å². The average Bonchev–Trinajstić information content (AvgIpc) is 2.83. The molecular weight excluding hydrogens is 546 g/mol. The number of rotatable bonds is 7. The Morgan fingerprint density at radius 3 is 2.20 bits per heavy atom. The third-order valence-electron chi connectivity index (χ3n) is 7.41. The molecule has 2 amide bonds. The molecule has 5 rings (SSSR count). The van der Waals surface area contributed by atoms with E-state index < -0.39 is 30.8 Å². The monoisotopic (exact) mass is 575 g/mol. The molecule has 0 atom stereocenters. The SMILES string of the molecule is Cc1cc(C)c(/N=c2\cc3n(c(=O)n2C2CC(NC(N)=O)C2)CCc2cc(OC(F)F)c(OC(F)F)cc2-3)c(C)c1. The van der Waals surface area contributed by atoms with E-state index in [0.717, 1.165) is 16.7 Å². The number of amides is 2. The van der Waals surface area contributed by atoms with Crippen LogP contribution < -0.4 is 31.7 Å². The zero-order chi connectivity index (χ0) is 29.6. The van der Waals surface area contributed by atoms with Gasteiger partial charge in [-0.2, -0.15) is 17.6 Å². The maximum Gasteiger partial charge on any atom is 0.387 e. The van der Waals surface area contributed by atoms with Crippen molar-refractivity contribution < 1.29 is 31.8 Å². The molecular formula is C28H29F4N5O4. The molecule has 1 fully saturated rings. The van der Waals surface area contributed by atoms with E-state index >= 15 is 0 Å². The second-order valence-electron chi connectivity index (χ2n) is 10.3. The van der Waals surface area contributed by atoms with Gasteiger partial charge in [0, 0.05) is 30.3 Å². The van der Waals surface area contributed by atoms with Crippen molar-refractivity contribution in [2.24, 2.45) is 10.7 Å². The fourth-order valence-corrected chi connectivity index (χ4v) is 5.71. The van der Waals surface area contributed by atoms with Gasteiger partial charge in [-0.25, -0.2) is 14.6 Å². The van der Waals surface area contributed by atoms with E-state index in [4.69, 9.17) is 10.7 Å². The third-order valence-corrected chi connectivity index (χ3v) is 7.41. The zero-order valence-electron chi connectivity index (χ0n) is 22.6. The number of hydrogen-bond acceptors (Lipinski definition) is 5. The highest BCUT2D eigenvalue weighted by atomic mass is 19.3. The summed E-state index contributed by atoms with van der Waals surface area (Å²) in [6.07, 6.45) is 1.20. The number of benzene rings is 2. The highest BCUT2D eigenvalue weighted by molar-refractivity contribution is 5.72. The predicted octanol–water partition coefficient (Wildman–Crippen LogP) is 4.61. The number of carbonyl (C=O) groups excluding carboxylic acids is 1. The number of nitrogens with two attached hydrogens (primary N) is 1. The van der Waals surface area contributed by atoms with Gasteiger partial charge in [-0.1, -0.05) is 17.7 Å². The summed E-state index contributed by atoms with van der Waals surface area (Å²) in [4.78, 5) is 30.2. The molecule has 0 saturated heterocycles. The van der Waals surface area contributed by atoms with Crippen LogP contribution in [0.2, 0.25) is 0 Å². The maximum absolute atomic E-state index is 14.0. The molecule has 1 aromatic heterocycles. The quantitative estimate of drug-likeness (QED) is 0.401. The highest BCUT2D eigenvalue weighted by Gasteiger charge is 2.34. The Labute approximate surface area is 232 Å². The normalized spacial score (nSPS) is 18.1. The first-order valence-corrected chi connectivity index (χ1v) is 13.0. The van der Waals surface area contributed by atoms with E-state index in [-0.39, 0.29) is 30.7 Å². The molecule has 1 aliphatic carbocycles. The number of fused-ring (bicyclic) bond motifs is 3. The van der Waals surface area contributed by atoms with E-state index in [1.807, 2.05) is 32.9 Å². The number of primary amides is 1. The number of urea groups is 1. The smallest absolute Gasteiger partial charge is 0.387 e. The van der Waals surface area contributed by atoms with Gasteiger partial charge in [0.15, 0.2) is 11.5 Å². The number of aryl methyl sites for hydroxylation is 4. The average molecular weight is 576 g/mol. The second-order valence-corrected chi connectivity index (χ2v) is 10.3. The lowest BCUT2D eigenvalue weighted by molar-refractivity contribution is -0.0692. The minimum Gasteiger partial charge on any atom is -0.431 e. The van der Waals surface area contributed by atoms with Crippen molar-refractivity contribution in [3.63, 3.8) is 0 Å². The Morgan fingerprint density at radius 2 is 1.61 bits per heavy atom. The molecule has 0 spiro atoms. The summed E-state index contributed by atoms with van der Waals surface area (Å²) in [5, 5.41) is 2.65. The Hall–Kier alpha value is -4.29. The lowest BCUT2D eigenvalue weighted by atomic mass is 9.86. The van der Waals surface area contributed by atoms with Gasteiger partial charge in [0.2, 0.25) is 0 Å². The Morgan fingerprint density at radius 1 is 1.00 bits per heavy atom. The van der Waals surface area contributed by atoms with Crippen LogP contribution in [0.1, 0.15) is 41.1 Å². The fraction of sp³-hybridized carbons (Fsp3) is 0.393. The molecule has 3 N–H and O–H groups in total. The van der Waals surface area contributed by atoms with Gasteiger partial charge < -0.3 is 20.5 Å². The van der Waals surface area contributed by atoms with Crippen molar-refractivity contribution in [1.29, 1.82) is 0 Å². The summed E-state index contributed by atoms with van der Waals surface area (Å²) in [5.74, 6) is -1.08. The van der Waals surface area contributed by atoms with Crippen LogP contribution in [-0.2, 0) is 13.0 Å². The third kappa shape index (κ3) is 5.66. The first-order valence-electron chi connectivity index (χ1n) is 13.0. The van der Waals surface area contributed by atoms with E-state index in [1.165, 1.54) is 16.7 Å². The van der Waals surface area contributed by atoms with Crippen molar-refractivity contribution >= 4 is 11.7 Å². The van der Waals surface area contributed by atoms with Crippen LogP contribution >= 0.6 is 0 Å². The summed E-state index contributed by atoms with van der Waals surface area (Å²) in [6.45, 7) is -0.514. The molecule has 2 aromatic carbocycles. The van der Waals surface area contributed by atoms with Crippen molar-refractivity contribution in [3.8, 4) is 22.8 Å². The highest BCUT2D eigenvalue weighted by Crippen LogP contribution is 2.40. The number of hydrogen-bond donors (Lipinski definition) is 2. The maximum atomic E-state index is 14.0. The fourth-order valence-electron chi connectivity index (χ4n) is 5.71. The van der Waals surface area contributed by atoms with E-state index in [0.29, 0.717) is 40.8 Å². The molecule has 2 heterocycles. The molecule has 3 aromatic rings. The molecule has 2 aliphatic rings. The van der Waals surface area contributed by atoms with Crippen LogP contribution in [0.5, 0.6) is 11.5 Å². The van der Waals surface area contributed by atoms with Gasteiger partial charge in [-0.3, -0.25) is 9.13 Å². The number of carbonyl (C=O) groups is 1. The van der Waals surface area contributed by atoms with Crippen LogP contribution in [0.3, 0.4) is 0 Å². The minimum absolute atomic E-state index is 0.191. The molecule has 13 heteroatoms. The van der Waals surface area contributed by atoms with Crippen LogP contribution in [0.25, 0.3) is 11.3 Å². The van der Waals surface area contributed by atoms with Crippen LogP contribution in [0.15, 0.2) is 40.1 Å². The number of nitrogens with zero attached hydrogens (tertiary/aromatic N) is 3. The van der Waals surface area contributed by atoms with Crippen LogP contribution in [-0.4, -0.2) is 34.4 Å². The molecule has 1 aliphatic heterocycles.